The molecule has 1 heterocycles. The number of nitrogen functional groups attached to an aromatic ring is 1. The molecule has 1 saturated carbocycles. The molecule has 0 aliphatic heterocycles. The van der Waals surface area contributed by atoms with E-state index in [-0.39, 0.29) is 0 Å². The van der Waals surface area contributed by atoms with Crippen molar-refractivity contribution >= 4 is 17.5 Å². The van der Waals surface area contributed by atoms with Gasteiger partial charge in [-0.3, -0.25) is 0 Å². The maximum Gasteiger partial charge on any atom is 0.340 e. The smallest absolute Gasteiger partial charge is 0.340 e. The lowest BCUT2D eigenvalue weighted by Gasteiger charge is -2.21. The van der Waals surface area contributed by atoms with E-state index in [1.807, 2.05) is 0 Å². The van der Waals surface area contributed by atoms with Crippen LogP contribution in [-0.2, 0) is 4.74 Å². The van der Waals surface area contributed by atoms with Crippen LogP contribution < -0.4 is 11.1 Å². The third-order valence-electron chi connectivity index (χ3n) is 3.80. The van der Waals surface area contributed by atoms with Gasteiger partial charge >= 0.3 is 5.97 Å². The van der Waals surface area contributed by atoms with E-state index in [0.29, 0.717) is 23.1 Å². The first kappa shape index (κ1) is 14.6. The minimum absolute atomic E-state index is 0.347. The molecule has 110 valence electrons. The predicted molar refractivity (Wildman–Crippen MR) is 79.7 cm³/mol. The molecule has 1 aromatic heterocycles. The van der Waals surface area contributed by atoms with E-state index in [9.17, 15) is 4.79 Å². The van der Waals surface area contributed by atoms with Crippen molar-refractivity contribution in [1.29, 1.82) is 0 Å². The van der Waals surface area contributed by atoms with E-state index in [1.165, 1.54) is 45.4 Å². The molecule has 1 aliphatic rings. The molecule has 0 saturated heterocycles. The summed E-state index contributed by atoms with van der Waals surface area (Å²) in [6.45, 7) is 0. The standard InChI is InChI=1S/C15H23N3O2/c1-20-15(19)12-9-14(17-10-13(12)16)18-11-7-5-3-2-4-6-8-11/h9-11H,2-8,16H2,1H3,(H,17,18). The van der Waals surface area contributed by atoms with Gasteiger partial charge in [0, 0.05) is 6.04 Å². The zero-order valence-corrected chi connectivity index (χ0v) is 12.0. The maximum absolute atomic E-state index is 11.6. The van der Waals surface area contributed by atoms with Crippen LogP contribution in [-0.4, -0.2) is 24.1 Å². The van der Waals surface area contributed by atoms with Gasteiger partial charge in [-0.2, -0.15) is 0 Å². The molecular formula is C15H23N3O2. The van der Waals surface area contributed by atoms with Gasteiger partial charge in [-0.05, 0) is 18.9 Å². The summed E-state index contributed by atoms with van der Waals surface area (Å²) in [6.07, 6.45) is 10.3. The Balaban J connectivity index is 2.06. The zero-order chi connectivity index (χ0) is 14.4. The lowest BCUT2D eigenvalue weighted by atomic mass is 9.97. The molecule has 5 nitrogen and oxygen atoms in total. The van der Waals surface area contributed by atoms with Gasteiger partial charge in [0.05, 0.1) is 24.6 Å². The Labute approximate surface area is 119 Å². The molecule has 3 N–H and O–H groups in total. The lowest BCUT2D eigenvalue weighted by Crippen LogP contribution is -2.21. The Morgan fingerprint density at radius 3 is 2.60 bits per heavy atom. The van der Waals surface area contributed by atoms with E-state index in [0.717, 1.165) is 12.8 Å². The van der Waals surface area contributed by atoms with Crippen molar-refractivity contribution in [2.75, 3.05) is 18.2 Å². The first-order chi connectivity index (χ1) is 9.70. The Morgan fingerprint density at radius 2 is 1.95 bits per heavy atom. The number of aromatic nitrogens is 1. The predicted octanol–water partition coefficient (Wildman–Crippen LogP) is 2.98. The van der Waals surface area contributed by atoms with E-state index in [2.05, 4.69) is 10.3 Å². The number of hydrogen-bond acceptors (Lipinski definition) is 5. The highest BCUT2D eigenvalue weighted by Crippen LogP contribution is 2.22. The SMILES string of the molecule is COC(=O)c1cc(NC2CCCCCCC2)ncc1N. The fraction of sp³-hybridized carbons (Fsp3) is 0.600. The second-order valence-electron chi connectivity index (χ2n) is 5.33. The van der Waals surface area contributed by atoms with Crippen LogP contribution in [0.3, 0.4) is 0 Å². The number of carbonyl (C=O) groups is 1. The largest absolute Gasteiger partial charge is 0.465 e. The van der Waals surface area contributed by atoms with Crippen LogP contribution in [0.5, 0.6) is 0 Å². The Hall–Kier alpha value is -1.78. The molecule has 0 atom stereocenters. The highest BCUT2D eigenvalue weighted by molar-refractivity contribution is 5.95. The Bertz CT molecular complexity index is 454. The highest BCUT2D eigenvalue weighted by atomic mass is 16.5. The van der Waals surface area contributed by atoms with Gasteiger partial charge in [0.2, 0.25) is 0 Å². The summed E-state index contributed by atoms with van der Waals surface area (Å²) < 4.78 is 4.72. The monoisotopic (exact) mass is 277 g/mol. The fourth-order valence-corrected chi connectivity index (χ4v) is 2.64. The number of nitrogens with one attached hydrogen (secondary N) is 1. The van der Waals surface area contributed by atoms with Gasteiger partial charge in [0.1, 0.15) is 5.82 Å². The third-order valence-corrected chi connectivity index (χ3v) is 3.80. The van der Waals surface area contributed by atoms with Gasteiger partial charge in [-0.1, -0.05) is 32.1 Å². The number of esters is 1. The number of nitrogens with zero attached hydrogens (tertiary/aromatic N) is 1. The van der Waals surface area contributed by atoms with Crippen molar-refractivity contribution in [1.82, 2.24) is 4.98 Å². The molecular weight excluding hydrogens is 254 g/mol. The molecule has 0 bridgehead atoms. The van der Waals surface area contributed by atoms with Crippen LogP contribution in [0.4, 0.5) is 11.5 Å². The quantitative estimate of drug-likeness (QED) is 0.830. The van der Waals surface area contributed by atoms with Crippen LogP contribution in [0.2, 0.25) is 0 Å². The average Bonchev–Trinajstić information content (AvgIpc) is 2.42. The summed E-state index contributed by atoms with van der Waals surface area (Å²) in [5, 5.41) is 3.42. The first-order valence-electron chi connectivity index (χ1n) is 7.31. The van der Waals surface area contributed by atoms with E-state index in [4.69, 9.17) is 10.5 Å². The Kier molecular flexibility index (Phi) is 5.21. The fourth-order valence-electron chi connectivity index (χ4n) is 2.64. The van der Waals surface area contributed by atoms with Crippen LogP contribution >= 0.6 is 0 Å². The normalized spacial score (nSPS) is 17.1. The van der Waals surface area contributed by atoms with Gasteiger partial charge in [-0.25, -0.2) is 9.78 Å². The minimum Gasteiger partial charge on any atom is -0.465 e. The summed E-state index contributed by atoms with van der Waals surface area (Å²) in [6, 6.07) is 2.11. The molecule has 0 radical (unpaired) electrons. The van der Waals surface area contributed by atoms with Gasteiger partial charge in [0.15, 0.2) is 0 Å². The maximum atomic E-state index is 11.6. The van der Waals surface area contributed by atoms with Crippen LogP contribution in [0.1, 0.15) is 55.3 Å². The molecule has 0 amide bonds. The summed E-state index contributed by atoms with van der Waals surface area (Å²) in [5.74, 6) is 0.274. The molecule has 5 heteroatoms. The lowest BCUT2D eigenvalue weighted by molar-refractivity contribution is 0.0602. The molecule has 0 aromatic carbocycles. The summed E-state index contributed by atoms with van der Waals surface area (Å²) in [5.41, 5.74) is 6.47. The highest BCUT2D eigenvalue weighted by Gasteiger charge is 2.15. The summed E-state index contributed by atoms with van der Waals surface area (Å²) in [7, 11) is 1.35. The van der Waals surface area contributed by atoms with E-state index < -0.39 is 5.97 Å². The van der Waals surface area contributed by atoms with Crippen molar-refractivity contribution in [3.05, 3.63) is 17.8 Å². The van der Waals surface area contributed by atoms with E-state index in [1.54, 1.807) is 6.07 Å². The topological polar surface area (TPSA) is 77.2 Å². The number of ether oxygens (including phenoxy) is 1. The molecule has 1 aromatic rings. The molecule has 0 unspecified atom stereocenters. The minimum atomic E-state index is -0.425. The number of nitrogens with two attached hydrogens (primary N) is 1. The number of methoxy groups -OCH3 is 1. The average molecular weight is 277 g/mol. The van der Waals surface area contributed by atoms with Gasteiger partial charge in [0.25, 0.3) is 0 Å². The van der Waals surface area contributed by atoms with Gasteiger partial charge < -0.3 is 15.8 Å². The number of carbonyl (C=O) groups excluding carboxylic acids is 1. The molecule has 20 heavy (non-hydrogen) atoms. The van der Waals surface area contributed by atoms with Crippen molar-refractivity contribution in [2.24, 2.45) is 0 Å². The number of anilines is 2. The molecule has 2 rings (SSSR count). The van der Waals surface area contributed by atoms with Crippen molar-refractivity contribution in [3.8, 4) is 0 Å². The second-order valence-corrected chi connectivity index (χ2v) is 5.33. The van der Waals surface area contributed by atoms with E-state index >= 15 is 0 Å². The number of rotatable bonds is 3. The second kappa shape index (κ2) is 7.12. The van der Waals surface area contributed by atoms with Crippen molar-refractivity contribution in [3.63, 3.8) is 0 Å². The van der Waals surface area contributed by atoms with Crippen LogP contribution in [0.25, 0.3) is 0 Å². The summed E-state index contributed by atoms with van der Waals surface area (Å²) >= 11 is 0. The number of hydrogen-bond donors (Lipinski definition) is 2. The van der Waals surface area contributed by atoms with Gasteiger partial charge in [-0.15, -0.1) is 0 Å². The first-order valence-corrected chi connectivity index (χ1v) is 7.31. The molecule has 0 spiro atoms. The Morgan fingerprint density at radius 1 is 1.30 bits per heavy atom. The molecule has 1 fully saturated rings. The van der Waals surface area contributed by atoms with Crippen LogP contribution in [0, 0.1) is 0 Å². The third kappa shape index (κ3) is 3.85. The molecule has 1 aliphatic carbocycles. The zero-order valence-electron chi connectivity index (χ0n) is 12.0. The van der Waals surface area contributed by atoms with Crippen molar-refractivity contribution < 1.29 is 9.53 Å². The number of pyridine rings is 1. The summed E-state index contributed by atoms with van der Waals surface area (Å²) in [4.78, 5) is 15.9. The van der Waals surface area contributed by atoms with Crippen molar-refractivity contribution in [2.45, 2.75) is 51.0 Å². The van der Waals surface area contributed by atoms with Crippen LogP contribution in [0.15, 0.2) is 12.3 Å².